The third kappa shape index (κ3) is 3.77. The molecule has 5 nitrogen and oxygen atoms in total. The summed E-state index contributed by atoms with van der Waals surface area (Å²) >= 11 is 0. The molecule has 26 heavy (non-hydrogen) atoms. The molecule has 0 saturated carbocycles. The van der Waals surface area contributed by atoms with Crippen LogP contribution < -0.4 is 5.32 Å². The summed E-state index contributed by atoms with van der Waals surface area (Å²) in [6.07, 6.45) is 0.340. The molecule has 2 aromatic carbocycles. The van der Waals surface area contributed by atoms with Crippen molar-refractivity contribution in [3.63, 3.8) is 0 Å². The first kappa shape index (κ1) is 17.7. The van der Waals surface area contributed by atoms with E-state index in [1.165, 1.54) is 0 Å². The third-order valence-corrected chi connectivity index (χ3v) is 4.45. The molecule has 1 unspecified atom stereocenters. The molecular weight excluding hydrogens is 330 g/mol. The first-order valence-corrected chi connectivity index (χ1v) is 8.50. The van der Waals surface area contributed by atoms with Crippen molar-refractivity contribution in [3.05, 3.63) is 71.2 Å². The molecule has 0 saturated heterocycles. The van der Waals surface area contributed by atoms with Crippen molar-refractivity contribution in [2.75, 3.05) is 6.54 Å². The van der Waals surface area contributed by atoms with Crippen molar-refractivity contribution in [1.82, 2.24) is 5.32 Å². The van der Waals surface area contributed by atoms with Crippen LogP contribution in [-0.4, -0.2) is 23.5 Å². The molecule has 0 fully saturated rings. The molecule has 0 radical (unpaired) electrons. The van der Waals surface area contributed by atoms with Gasteiger partial charge < -0.3 is 14.8 Å². The summed E-state index contributed by atoms with van der Waals surface area (Å²) in [6.45, 7) is 3.59. The Balaban J connectivity index is 1.74. The Hall–Kier alpha value is -3.08. The molecule has 3 aromatic rings. The summed E-state index contributed by atoms with van der Waals surface area (Å²) in [5.41, 5.74) is 1.69. The van der Waals surface area contributed by atoms with Crippen LogP contribution in [0.5, 0.6) is 0 Å². The average Bonchev–Trinajstić information content (AvgIpc) is 2.96. The van der Waals surface area contributed by atoms with Gasteiger partial charge in [0.1, 0.15) is 5.76 Å². The van der Waals surface area contributed by atoms with Gasteiger partial charge in [0, 0.05) is 12.1 Å². The van der Waals surface area contributed by atoms with Gasteiger partial charge in [0.15, 0.2) is 5.76 Å². The average molecular weight is 351 g/mol. The van der Waals surface area contributed by atoms with Gasteiger partial charge in [-0.2, -0.15) is 0 Å². The van der Waals surface area contributed by atoms with Gasteiger partial charge >= 0.3 is 5.97 Å². The van der Waals surface area contributed by atoms with Crippen LogP contribution in [0.1, 0.15) is 27.4 Å². The first-order valence-electron chi connectivity index (χ1n) is 8.50. The molecule has 1 heterocycles. The zero-order chi connectivity index (χ0) is 18.7. The molecule has 0 aliphatic heterocycles. The Kier molecular flexibility index (Phi) is 5.07. The van der Waals surface area contributed by atoms with Gasteiger partial charge in [0.2, 0.25) is 0 Å². The van der Waals surface area contributed by atoms with Gasteiger partial charge in [0.25, 0.3) is 5.91 Å². The maximum Gasteiger partial charge on any atom is 0.308 e. The molecule has 0 aliphatic rings. The van der Waals surface area contributed by atoms with E-state index in [1.807, 2.05) is 42.5 Å². The van der Waals surface area contributed by atoms with Crippen molar-refractivity contribution in [3.8, 4) is 0 Å². The van der Waals surface area contributed by atoms with E-state index in [4.69, 9.17) is 4.42 Å². The first-order chi connectivity index (χ1) is 12.5. The van der Waals surface area contributed by atoms with Crippen LogP contribution in [0.15, 0.2) is 52.9 Å². The number of fused-ring (bicyclic) bond motifs is 1. The Bertz CT molecular complexity index is 952. The number of furan rings is 1. The van der Waals surface area contributed by atoms with Crippen LogP contribution in [0, 0.1) is 19.8 Å². The molecule has 3 rings (SSSR count). The van der Waals surface area contributed by atoms with E-state index >= 15 is 0 Å². The van der Waals surface area contributed by atoms with Crippen LogP contribution >= 0.6 is 0 Å². The fourth-order valence-corrected chi connectivity index (χ4v) is 3.15. The quantitative estimate of drug-likeness (QED) is 0.709. The number of aliphatic carboxylic acids is 1. The van der Waals surface area contributed by atoms with Gasteiger partial charge in [-0.05, 0) is 42.7 Å². The summed E-state index contributed by atoms with van der Waals surface area (Å²) in [7, 11) is 0. The number of nitrogens with one attached hydrogen (secondary N) is 1. The predicted molar refractivity (Wildman–Crippen MR) is 99.3 cm³/mol. The van der Waals surface area contributed by atoms with Crippen molar-refractivity contribution < 1.29 is 19.1 Å². The minimum absolute atomic E-state index is 0.0383. The van der Waals surface area contributed by atoms with E-state index in [1.54, 1.807) is 19.9 Å². The summed E-state index contributed by atoms with van der Waals surface area (Å²) < 4.78 is 5.39. The molecule has 1 aromatic heterocycles. The van der Waals surface area contributed by atoms with Gasteiger partial charge in [0.05, 0.1) is 5.92 Å². The molecule has 1 amide bonds. The van der Waals surface area contributed by atoms with Crippen molar-refractivity contribution in [2.45, 2.75) is 20.3 Å². The fraction of sp³-hybridized carbons (Fsp3) is 0.238. The Labute approximate surface area is 151 Å². The zero-order valence-electron chi connectivity index (χ0n) is 14.8. The minimum Gasteiger partial charge on any atom is -0.481 e. The maximum absolute atomic E-state index is 12.3. The highest BCUT2D eigenvalue weighted by atomic mass is 16.4. The molecular formula is C21H21NO4. The normalized spacial score (nSPS) is 12.1. The number of aryl methyl sites for hydroxylation is 2. The van der Waals surface area contributed by atoms with Crippen LogP contribution in [0.25, 0.3) is 10.8 Å². The number of carboxylic acids is 1. The smallest absolute Gasteiger partial charge is 0.308 e. The number of carbonyl (C=O) groups excluding carboxylic acids is 1. The van der Waals surface area contributed by atoms with Crippen molar-refractivity contribution >= 4 is 22.6 Å². The second kappa shape index (κ2) is 7.44. The highest BCUT2D eigenvalue weighted by Gasteiger charge is 2.22. The van der Waals surface area contributed by atoms with E-state index in [2.05, 4.69) is 5.32 Å². The van der Waals surface area contributed by atoms with Crippen LogP contribution in [0.2, 0.25) is 0 Å². The van der Waals surface area contributed by atoms with Crippen molar-refractivity contribution in [2.24, 2.45) is 5.92 Å². The summed E-state index contributed by atoms with van der Waals surface area (Å²) in [4.78, 5) is 24.0. The molecule has 0 bridgehead atoms. The number of carboxylic acid groups (broad SMARTS) is 1. The Morgan fingerprint density at radius 2 is 1.85 bits per heavy atom. The second-order valence-corrected chi connectivity index (χ2v) is 6.46. The van der Waals surface area contributed by atoms with Gasteiger partial charge in [-0.3, -0.25) is 9.59 Å². The molecule has 134 valence electrons. The molecule has 0 aliphatic carbocycles. The highest BCUT2D eigenvalue weighted by Crippen LogP contribution is 2.21. The number of hydrogen-bond acceptors (Lipinski definition) is 3. The van der Waals surface area contributed by atoms with Gasteiger partial charge in [-0.1, -0.05) is 42.5 Å². The molecule has 5 heteroatoms. The number of amides is 1. The monoisotopic (exact) mass is 351 g/mol. The lowest BCUT2D eigenvalue weighted by Gasteiger charge is -2.15. The van der Waals surface area contributed by atoms with Crippen LogP contribution in [0.3, 0.4) is 0 Å². The SMILES string of the molecule is Cc1cc(C)c(C(=O)NCC(Cc2cccc3ccccc23)C(=O)O)o1. The summed E-state index contributed by atoms with van der Waals surface area (Å²) in [6, 6.07) is 15.5. The highest BCUT2D eigenvalue weighted by molar-refractivity contribution is 5.93. The second-order valence-electron chi connectivity index (χ2n) is 6.46. The Morgan fingerprint density at radius 1 is 1.12 bits per heavy atom. The molecule has 1 atom stereocenters. The summed E-state index contributed by atoms with van der Waals surface area (Å²) in [5.74, 6) is -1.17. The predicted octanol–water partition coefficient (Wildman–Crippen LogP) is 3.72. The van der Waals surface area contributed by atoms with E-state index in [-0.39, 0.29) is 18.2 Å². The number of rotatable bonds is 6. The molecule has 0 spiro atoms. The van der Waals surface area contributed by atoms with Gasteiger partial charge in [-0.25, -0.2) is 0 Å². The number of carbonyl (C=O) groups is 2. The summed E-state index contributed by atoms with van der Waals surface area (Å²) in [5, 5.41) is 14.4. The third-order valence-electron chi connectivity index (χ3n) is 4.45. The number of benzene rings is 2. The standard InChI is InChI=1S/C21H21NO4/c1-13-10-14(2)26-19(13)20(23)22-12-17(21(24)25)11-16-8-5-7-15-6-3-4-9-18(15)16/h3-10,17H,11-12H2,1-2H3,(H,22,23)(H,24,25). The van der Waals surface area contributed by atoms with E-state index in [9.17, 15) is 14.7 Å². The van der Waals surface area contributed by atoms with E-state index < -0.39 is 11.9 Å². The van der Waals surface area contributed by atoms with Crippen molar-refractivity contribution in [1.29, 1.82) is 0 Å². The lowest BCUT2D eigenvalue weighted by molar-refractivity contribution is -0.141. The number of hydrogen-bond donors (Lipinski definition) is 2. The van der Waals surface area contributed by atoms with Crippen LogP contribution in [-0.2, 0) is 11.2 Å². The molecule has 2 N–H and O–H groups in total. The Morgan fingerprint density at radius 3 is 2.54 bits per heavy atom. The van der Waals surface area contributed by atoms with E-state index in [0.29, 0.717) is 12.2 Å². The lowest BCUT2D eigenvalue weighted by Crippen LogP contribution is -2.34. The fourth-order valence-electron chi connectivity index (χ4n) is 3.15. The zero-order valence-corrected chi connectivity index (χ0v) is 14.8. The maximum atomic E-state index is 12.3. The lowest BCUT2D eigenvalue weighted by atomic mass is 9.95. The largest absolute Gasteiger partial charge is 0.481 e. The van der Waals surface area contributed by atoms with Crippen LogP contribution in [0.4, 0.5) is 0 Å². The van der Waals surface area contributed by atoms with E-state index in [0.717, 1.165) is 21.9 Å². The topological polar surface area (TPSA) is 79.5 Å². The van der Waals surface area contributed by atoms with Gasteiger partial charge in [-0.15, -0.1) is 0 Å². The minimum atomic E-state index is -0.939.